The molecule has 7 heteroatoms. The summed E-state index contributed by atoms with van der Waals surface area (Å²) in [6.07, 6.45) is 3.52. The van der Waals surface area contributed by atoms with Crippen LogP contribution in [0.25, 0.3) is 0 Å². The van der Waals surface area contributed by atoms with Crippen LogP contribution in [0.2, 0.25) is 0 Å². The second-order valence-corrected chi connectivity index (χ2v) is 5.38. The van der Waals surface area contributed by atoms with Crippen molar-refractivity contribution in [1.29, 1.82) is 0 Å². The Morgan fingerprint density at radius 1 is 1.00 bits per heavy atom. The number of nitrogens with two attached hydrogens (primary N) is 1. The first kappa shape index (κ1) is 17.4. The number of hydrogen-bond donors (Lipinski definition) is 4. The normalized spacial score (nSPS) is 10.1. The second-order valence-electron chi connectivity index (χ2n) is 5.38. The Labute approximate surface area is 140 Å². The van der Waals surface area contributed by atoms with Crippen LogP contribution >= 0.6 is 0 Å². The fourth-order valence-electron chi connectivity index (χ4n) is 2.17. The number of urea groups is 1. The zero-order chi connectivity index (χ0) is 17.4. The van der Waals surface area contributed by atoms with Crippen molar-refractivity contribution in [3.8, 4) is 0 Å². The van der Waals surface area contributed by atoms with Crippen LogP contribution in [0.4, 0.5) is 10.6 Å². The summed E-state index contributed by atoms with van der Waals surface area (Å²) >= 11 is 0. The topological polar surface area (TPSA) is 109 Å². The molecular formula is C17H21N5O2. The smallest absolute Gasteiger partial charge is 0.329 e. The van der Waals surface area contributed by atoms with Crippen LogP contribution in [0.3, 0.4) is 0 Å². The van der Waals surface area contributed by atoms with Gasteiger partial charge in [-0.1, -0.05) is 30.3 Å². The quantitative estimate of drug-likeness (QED) is 0.366. The molecule has 0 bridgehead atoms. The fourth-order valence-corrected chi connectivity index (χ4v) is 2.17. The van der Waals surface area contributed by atoms with Crippen molar-refractivity contribution in [3.63, 3.8) is 0 Å². The molecule has 0 aliphatic heterocycles. The predicted molar refractivity (Wildman–Crippen MR) is 91.9 cm³/mol. The zero-order valence-electron chi connectivity index (χ0n) is 13.5. The van der Waals surface area contributed by atoms with E-state index in [1.54, 1.807) is 12.3 Å². The molecule has 1 heterocycles. The summed E-state index contributed by atoms with van der Waals surface area (Å²) < 4.78 is 0. The molecule has 3 amide bonds. The molecule has 0 unspecified atom stereocenters. The number of pyridine rings is 1. The van der Waals surface area contributed by atoms with Gasteiger partial charge in [0.1, 0.15) is 5.82 Å². The molecule has 1 aromatic heterocycles. The lowest BCUT2D eigenvalue weighted by Crippen LogP contribution is -2.39. The van der Waals surface area contributed by atoms with Gasteiger partial charge in [-0.25, -0.2) is 15.6 Å². The van der Waals surface area contributed by atoms with Gasteiger partial charge in [0.25, 0.3) is 0 Å². The van der Waals surface area contributed by atoms with Crippen molar-refractivity contribution < 1.29 is 9.59 Å². The molecule has 0 radical (unpaired) electrons. The van der Waals surface area contributed by atoms with E-state index >= 15 is 0 Å². The number of carbonyl (C=O) groups excluding carboxylic acids is 2. The Balaban J connectivity index is 1.83. The number of aryl methyl sites for hydroxylation is 2. The average Bonchev–Trinajstić information content (AvgIpc) is 2.59. The highest BCUT2D eigenvalue weighted by Gasteiger charge is 2.01. The van der Waals surface area contributed by atoms with E-state index in [1.165, 1.54) is 12.5 Å². The number of nitrogens with one attached hydrogen (secondary N) is 3. The van der Waals surface area contributed by atoms with E-state index in [-0.39, 0.29) is 5.91 Å². The van der Waals surface area contributed by atoms with Crippen LogP contribution in [-0.2, 0) is 24.2 Å². The van der Waals surface area contributed by atoms with E-state index in [0.717, 1.165) is 24.0 Å². The number of anilines is 1. The van der Waals surface area contributed by atoms with E-state index in [0.29, 0.717) is 12.4 Å². The molecule has 0 fully saturated rings. The van der Waals surface area contributed by atoms with Gasteiger partial charge in [-0.2, -0.15) is 0 Å². The van der Waals surface area contributed by atoms with E-state index in [4.69, 9.17) is 5.84 Å². The van der Waals surface area contributed by atoms with E-state index in [1.807, 2.05) is 35.8 Å². The molecule has 24 heavy (non-hydrogen) atoms. The molecule has 2 rings (SSSR count). The Hall–Kier alpha value is -2.93. The van der Waals surface area contributed by atoms with E-state index in [9.17, 15) is 9.59 Å². The summed E-state index contributed by atoms with van der Waals surface area (Å²) in [5.41, 5.74) is 5.33. The molecule has 7 nitrogen and oxygen atoms in total. The van der Waals surface area contributed by atoms with Gasteiger partial charge in [-0.3, -0.25) is 10.2 Å². The molecule has 5 N–H and O–H groups in total. The standard InChI is InChI=1S/C17H21N5O2/c1-12(23)21-16-9-8-15(10-19-16)7-4-13-2-5-14(6-3-13)11-20-17(24)22-18/h2-3,5-6,8-10H,4,7,11,18H2,1H3,(H,19,21,23)(H2,20,22,24). The largest absolute Gasteiger partial charge is 0.333 e. The minimum atomic E-state index is -0.408. The highest BCUT2D eigenvalue weighted by atomic mass is 16.2. The maximum atomic E-state index is 11.0. The minimum Gasteiger partial charge on any atom is -0.333 e. The highest BCUT2D eigenvalue weighted by Crippen LogP contribution is 2.10. The molecule has 1 aromatic carbocycles. The molecule has 2 aromatic rings. The number of carbonyl (C=O) groups is 2. The number of hydrogen-bond acceptors (Lipinski definition) is 4. The summed E-state index contributed by atoms with van der Waals surface area (Å²) in [4.78, 5) is 26.2. The summed E-state index contributed by atoms with van der Waals surface area (Å²) in [6, 6.07) is 11.4. The van der Waals surface area contributed by atoms with Crippen molar-refractivity contribution in [2.75, 3.05) is 5.32 Å². The lowest BCUT2D eigenvalue weighted by molar-refractivity contribution is -0.114. The third-order valence-electron chi connectivity index (χ3n) is 3.44. The van der Waals surface area contributed by atoms with Crippen molar-refractivity contribution >= 4 is 17.8 Å². The molecular weight excluding hydrogens is 306 g/mol. The maximum Gasteiger partial charge on any atom is 0.329 e. The van der Waals surface area contributed by atoms with Gasteiger partial charge in [-0.05, 0) is 35.6 Å². The minimum absolute atomic E-state index is 0.131. The number of hydrazine groups is 1. The van der Waals surface area contributed by atoms with Crippen LogP contribution in [-0.4, -0.2) is 16.9 Å². The Morgan fingerprint density at radius 3 is 2.21 bits per heavy atom. The molecule has 0 aliphatic carbocycles. The van der Waals surface area contributed by atoms with Gasteiger partial charge in [0, 0.05) is 19.7 Å². The number of rotatable bonds is 6. The van der Waals surface area contributed by atoms with Gasteiger partial charge < -0.3 is 10.6 Å². The Morgan fingerprint density at radius 2 is 1.62 bits per heavy atom. The molecule has 0 atom stereocenters. The van der Waals surface area contributed by atoms with Crippen molar-refractivity contribution in [1.82, 2.24) is 15.7 Å². The summed E-state index contributed by atoms with van der Waals surface area (Å²) in [5, 5.41) is 5.28. The fraction of sp³-hybridized carbons (Fsp3) is 0.235. The first-order valence-corrected chi connectivity index (χ1v) is 7.61. The first-order valence-electron chi connectivity index (χ1n) is 7.61. The number of nitrogens with zero attached hydrogens (tertiary/aromatic N) is 1. The van der Waals surface area contributed by atoms with Gasteiger partial charge in [0.15, 0.2) is 0 Å². The first-order chi connectivity index (χ1) is 11.6. The predicted octanol–water partition coefficient (Wildman–Crippen LogP) is 1.50. The van der Waals surface area contributed by atoms with Crippen LogP contribution in [0.15, 0.2) is 42.6 Å². The monoisotopic (exact) mass is 327 g/mol. The maximum absolute atomic E-state index is 11.0. The van der Waals surface area contributed by atoms with Crippen molar-refractivity contribution in [3.05, 3.63) is 59.3 Å². The molecule has 0 aliphatic rings. The third kappa shape index (κ3) is 5.69. The lowest BCUT2D eigenvalue weighted by atomic mass is 10.0. The number of benzene rings is 1. The molecule has 126 valence electrons. The summed E-state index contributed by atoms with van der Waals surface area (Å²) in [5.74, 6) is 5.43. The molecule has 0 saturated carbocycles. The van der Waals surface area contributed by atoms with Crippen molar-refractivity contribution in [2.45, 2.75) is 26.3 Å². The Kier molecular flexibility index (Phi) is 6.27. The number of amides is 3. The van der Waals surface area contributed by atoms with Gasteiger partial charge >= 0.3 is 6.03 Å². The van der Waals surface area contributed by atoms with Gasteiger partial charge in [0.05, 0.1) is 0 Å². The van der Waals surface area contributed by atoms with Crippen LogP contribution in [0.1, 0.15) is 23.6 Å². The van der Waals surface area contributed by atoms with E-state index < -0.39 is 6.03 Å². The molecule has 0 saturated heterocycles. The number of aromatic nitrogens is 1. The van der Waals surface area contributed by atoms with Crippen LogP contribution < -0.4 is 21.9 Å². The average molecular weight is 327 g/mol. The highest BCUT2D eigenvalue weighted by molar-refractivity contribution is 5.87. The van der Waals surface area contributed by atoms with E-state index in [2.05, 4.69) is 15.6 Å². The Bertz CT molecular complexity index is 683. The van der Waals surface area contributed by atoms with Crippen molar-refractivity contribution in [2.24, 2.45) is 5.84 Å². The SMILES string of the molecule is CC(=O)Nc1ccc(CCc2ccc(CNC(=O)NN)cc2)cn1. The second kappa shape index (κ2) is 8.64. The summed E-state index contributed by atoms with van der Waals surface area (Å²) in [7, 11) is 0. The van der Waals surface area contributed by atoms with Crippen LogP contribution in [0.5, 0.6) is 0 Å². The van der Waals surface area contributed by atoms with Crippen LogP contribution in [0, 0.1) is 0 Å². The zero-order valence-corrected chi connectivity index (χ0v) is 13.5. The van der Waals surface area contributed by atoms with Gasteiger partial charge in [-0.15, -0.1) is 0 Å². The summed E-state index contributed by atoms with van der Waals surface area (Å²) in [6.45, 7) is 1.88. The third-order valence-corrected chi connectivity index (χ3v) is 3.44. The van der Waals surface area contributed by atoms with Gasteiger partial charge in [0.2, 0.25) is 5.91 Å². The molecule has 0 spiro atoms. The lowest BCUT2D eigenvalue weighted by Gasteiger charge is -2.07.